The summed E-state index contributed by atoms with van der Waals surface area (Å²) < 4.78 is 0. The Balaban J connectivity index is 1.78. The molecule has 3 rings (SSSR count). The number of rotatable bonds is 3. The first-order chi connectivity index (χ1) is 8.95. The Hall–Kier alpha value is -0.380. The van der Waals surface area contributed by atoms with Crippen molar-refractivity contribution in [2.24, 2.45) is 5.92 Å². The SMILES string of the molecule is c1csc([C@H](C2CCCCC2)N2CCNCC2)c1. The van der Waals surface area contributed by atoms with E-state index in [1.807, 2.05) is 11.3 Å². The van der Waals surface area contributed by atoms with Gasteiger partial charge in [0, 0.05) is 37.1 Å². The number of thiophene rings is 1. The molecule has 1 aromatic rings. The highest BCUT2D eigenvalue weighted by atomic mass is 32.1. The van der Waals surface area contributed by atoms with Gasteiger partial charge in [0.1, 0.15) is 0 Å². The summed E-state index contributed by atoms with van der Waals surface area (Å²) in [4.78, 5) is 4.34. The molecule has 2 fully saturated rings. The van der Waals surface area contributed by atoms with Crippen molar-refractivity contribution >= 4 is 11.3 Å². The Labute approximate surface area is 114 Å². The minimum Gasteiger partial charge on any atom is -0.314 e. The zero-order valence-corrected chi connectivity index (χ0v) is 11.9. The molecule has 2 nitrogen and oxygen atoms in total. The number of nitrogens with zero attached hydrogens (tertiary/aromatic N) is 1. The van der Waals surface area contributed by atoms with Crippen LogP contribution in [0.5, 0.6) is 0 Å². The molecule has 2 aliphatic rings. The van der Waals surface area contributed by atoms with Gasteiger partial charge in [-0.1, -0.05) is 25.3 Å². The van der Waals surface area contributed by atoms with Gasteiger partial charge in [-0.05, 0) is 30.2 Å². The molecular formula is C15H24N2S. The third-order valence-corrected chi connectivity index (χ3v) is 5.42. The van der Waals surface area contributed by atoms with Crippen molar-refractivity contribution in [3.63, 3.8) is 0 Å². The largest absolute Gasteiger partial charge is 0.314 e. The molecule has 100 valence electrons. The molecule has 0 spiro atoms. The van der Waals surface area contributed by atoms with Crippen LogP contribution in [0.3, 0.4) is 0 Å². The van der Waals surface area contributed by atoms with Crippen molar-refractivity contribution in [2.75, 3.05) is 26.2 Å². The van der Waals surface area contributed by atoms with E-state index < -0.39 is 0 Å². The van der Waals surface area contributed by atoms with Crippen molar-refractivity contribution in [3.05, 3.63) is 22.4 Å². The average molecular weight is 264 g/mol. The van der Waals surface area contributed by atoms with Crippen LogP contribution in [0.15, 0.2) is 17.5 Å². The zero-order chi connectivity index (χ0) is 12.2. The van der Waals surface area contributed by atoms with Crippen molar-refractivity contribution in [3.8, 4) is 0 Å². The highest BCUT2D eigenvalue weighted by Crippen LogP contribution is 2.40. The molecule has 0 aromatic carbocycles. The van der Waals surface area contributed by atoms with Crippen LogP contribution in [-0.2, 0) is 0 Å². The first kappa shape index (κ1) is 12.6. The molecule has 0 radical (unpaired) electrons. The van der Waals surface area contributed by atoms with Gasteiger partial charge in [-0.2, -0.15) is 0 Å². The summed E-state index contributed by atoms with van der Waals surface area (Å²) in [6, 6.07) is 5.27. The normalized spacial score (nSPS) is 25.1. The van der Waals surface area contributed by atoms with E-state index in [9.17, 15) is 0 Å². The summed E-state index contributed by atoms with van der Waals surface area (Å²) in [5, 5.41) is 5.72. The molecule has 1 saturated carbocycles. The number of hydrogen-bond donors (Lipinski definition) is 1. The van der Waals surface area contributed by atoms with Gasteiger partial charge < -0.3 is 5.32 Å². The second-order valence-electron chi connectivity index (χ2n) is 5.64. The predicted octanol–water partition coefficient (Wildman–Crippen LogP) is 3.27. The Morgan fingerprint density at radius 3 is 2.61 bits per heavy atom. The lowest BCUT2D eigenvalue weighted by atomic mass is 9.82. The predicted molar refractivity (Wildman–Crippen MR) is 78.1 cm³/mol. The summed E-state index contributed by atoms with van der Waals surface area (Å²) >= 11 is 1.96. The molecule has 1 saturated heterocycles. The van der Waals surface area contributed by atoms with Crippen LogP contribution < -0.4 is 5.32 Å². The van der Waals surface area contributed by atoms with Crippen molar-refractivity contribution in [1.29, 1.82) is 0 Å². The van der Waals surface area contributed by atoms with Crippen LogP contribution in [-0.4, -0.2) is 31.1 Å². The maximum absolute atomic E-state index is 3.48. The second kappa shape index (κ2) is 6.18. The molecule has 0 amide bonds. The average Bonchev–Trinajstić information content (AvgIpc) is 2.95. The van der Waals surface area contributed by atoms with E-state index in [-0.39, 0.29) is 0 Å². The van der Waals surface area contributed by atoms with Crippen LogP contribution in [0.4, 0.5) is 0 Å². The molecular weight excluding hydrogens is 240 g/mol. The van der Waals surface area contributed by atoms with E-state index in [2.05, 4.69) is 27.7 Å². The Morgan fingerprint density at radius 2 is 1.94 bits per heavy atom. The molecule has 1 aromatic heterocycles. The highest BCUT2D eigenvalue weighted by molar-refractivity contribution is 7.10. The van der Waals surface area contributed by atoms with Crippen molar-refractivity contribution in [2.45, 2.75) is 38.1 Å². The lowest BCUT2D eigenvalue weighted by molar-refractivity contribution is 0.106. The summed E-state index contributed by atoms with van der Waals surface area (Å²) in [7, 11) is 0. The van der Waals surface area contributed by atoms with Gasteiger partial charge in [0.15, 0.2) is 0 Å². The van der Waals surface area contributed by atoms with Gasteiger partial charge in [-0.25, -0.2) is 0 Å². The maximum atomic E-state index is 3.48. The minimum atomic E-state index is 0.701. The molecule has 18 heavy (non-hydrogen) atoms. The van der Waals surface area contributed by atoms with E-state index in [0.29, 0.717) is 6.04 Å². The molecule has 1 N–H and O–H groups in total. The molecule has 3 heteroatoms. The molecule has 0 unspecified atom stereocenters. The van der Waals surface area contributed by atoms with Crippen LogP contribution in [0.1, 0.15) is 43.0 Å². The zero-order valence-electron chi connectivity index (χ0n) is 11.1. The molecule has 1 atom stereocenters. The van der Waals surface area contributed by atoms with Gasteiger partial charge >= 0.3 is 0 Å². The minimum absolute atomic E-state index is 0.701. The standard InChI is InChI=1S/C15H24N2S/c1-2-5-13(6-3-1)15(14-7-4-12-18-14)17-10-8-16-9-11-17/h4,7,12-13,15-16H,1-3,5-6,8-11H2/t15-/m0/s1. The van der Waals surface area contributed by atoms with Gasteiger partial charge in [-0.3, -0.25) is 4.90 Å². The first-order valence-electron chi connectivity index (χ1n) is 7.43. The summed E-state index contributed by atoms with van der Waals surface area (Å²) in [5.74, 6) is 0.899. The first-order valence-corrected chi connectivity index (χ1v) is 8.31. The Morgan fingerprint density at radius 1 is 1.17 bits per heavy atom. The highest BCUT2D eigenvalue weighted by Gasteiger charge is 2.31. The molecule has 1 aliphatic heterocycles. The number of hydrogen-bond acceptors (Lipinski definition) is 3. The van der Waals surface area contributed by atoms with Crippen molar-refractivity contribution < 1.29 is 0 Å². The fourth-order valence-corrected chi connectivity index (χ4v) is 4.53. The van der Waals surface area contributed by atoms with Gasteiger partial charge in [0.05, 0.1) is 0 Å². The Kier molecular flexibility index (Phi) is 4.34. The summed E-state index contributed by atoms with van der Waals surface area (Å²) in [6.07, 6.45) is 7.21. The molecule has 0 bridgehead atoms. The lowest BCUT2D eigenvalue weighted by Gasteiger charge is -2.40. The smallest absolute Gasteiger partial charge is 0.0470 e. The van der Waals surface area contributed by atoms with Gasteiger partial charge in [-0.15, -0.1) is 11.3 Å². The van der Waals surface area contributed by atoms with Gasteiger partial charge in [0.25, 0.3) is 0 Å². The van der Waals surface area contributed by atoms with E-state index >= 15 is 0 Å². The summed E-state index contributed by atoms with van der Waals surface area (Å²) in [6.45, 7) is 4.77. The second-order valence-corrected chi connectivity index (χ2v) is 6.62. The quantitative estimate of drug-likeness (QED) is 0.901. The summed E-state index contributed by atoms with van der Waals surface area (Å²) in [5.41, 5.74) is 0. The van der Waals surface area contributed by atoms with Crippen LogP contribution in [0.2, 0.25) is 0 Å². The molecule has 2 heterocycles. The Bertz CT molecular complexity index is 319. The van der Waals surface area contributed by atoms with E-state index in [0.717, 1.165) is 19.0 Å². The van der Waals surface area contributed by atoms with Crippen molar-refractivity contribution in [1.82, 2.24) is 10.2 Å². The van der Waals surface area contributed by atoms with E-state index in [4.69, 9.17) is 0 Å². The van der Waals surface area contributed by atoms with Crippen LogP contribution in [0, 0.1) is 5.92 Å². The topological polar surface area (TPSA) is 15.3 Å². The van der Waals surface area contributed by atoms with Gasteiger partial charge in [0.2, 0.25) is 0 Å². The third-order valence-electron chi connectivity index (χ3n) is 4.48. The molecule has 1 aliphatic carbocycles. The van der Waals surface area contributed by atoms with E-state index in [1.165, 1.54) is 45.2 Å². The van der Waals surface area contributed by atoms with Crippen LogP contribution in [0.25, 0.3) is 0 Å². The third kappa shape index (κ3) is 2.79. The fraction of sp³-hybridized carbons (Fsp3) is 0.733. The fourth-order valence-electron chi connectivity index (χ4n) is 3.58. The number of piperazine rings is 1. The lowest BCUT2D eigenvalue weighted by Crippen LogP contribution is -2.47. The maximum Gasteiger partial charge on any atom is 0.0470 e. The number of nitrogens with one attached hydrogen (secondary N) is 1. The van der Waals surface area contributed by atoms with E-state index in [1.54, 1.807) is 4.88 Å². The monoisotopic (exact) mass is 264 g/mol. The van der Waals surface area contributed by atoms with Crippen LogP contribution >= 0.6 is 11.3 Å².